The summed E-state index contributed by atoms with van der Waals surface area (Å²) in [6.45, 7) is 3.82. The Morgan fingerprint density at radius 1 is 1.33 bits per heavy atom. The van der Waals surface area contributed by atoms with Crippen LogP contribution in [0.1, 0.15) is 11.3 Å². The molecule has 0 fully saturated rings. The van der Waals surface area contributed by atoms with Crippen LogP contribution in [0.2, 0.25) is 0 Å². The Balaban J connectivity index is 2.73. The van der Waals surface area contributed by atoms with Crippen molar-refractivity contribution in [3.05, 3.63) is 36.3 Å². The monoisotopic (exact) mass is 118 g/mol. The lowest BCUT2D eigenvalue weighted by molar-refractivity contribution is 0.557. The predicted molar refractivity (Wildman–Crippen MR) is 36.8 cm³/mol. The van der Waals surface area contributed by atoms with Gasteiger partial charge < -0.3 is 4.42 Å². The summed E-state index contributed by atoms with van der Waals surface area (Å²) < 4.78 is 5.10. The number of furan rings is 1. The lowest BCUT2D eigenvalue weighted by Crippen LogP contribution is -1.66. The molecule has 0 aromatic carbocycles. The van der Waals surface area contributed by atoms with Crippen LogP contribution in [0.3, 0.4) is 0 Å². The molecule has 9 heavy (non-hydrogen) atoms. The van der Waals surface area contributed by atoms with Crippen molar-refractivity contribution >= 4 is 11.6 Å². The highest BCUT2D eigenvalue weighted by Crippen LogP contribution is 2.27. The second kappa shape index (κ2) is 1.38. The highest BCUT2D eigenvalue weighted by Gasteiger charge is 2.09. The molecular weight excluding hydrogens is 112 g/mol. The Morgan fingerprint density at radius 2 is 2.22 bits per heavy atom. The van der Waals surface area contributed by atoms with Gasteiger partial charge in [0.15, 0.2) is 0 Å². The summed E-state index contributed by atoms with van der Waals surface area (Å²) >= 11 is 0. The molecule has 0 radical (unpaired) electrons. The normalized spacial score (nSPS) is 14.4. The maximum Gasteiger partial charge on any atom is 0.134 e. The minimum atomic E-state index is 0.931. The molecule has 1 aromatic heterocycles. The van der Waals surface area contributed by atoms with Crippen molar-refractivity contribution in [2.45, 2.75) is 0 Å². The lowest BCUT2D eigenvalue weighted by atomic mass is 10.2. The minimum absolute atomic E-state index is 0.931. The minimum Gasteiger partial charge on any atom is -0.464 e. The molecule has 1 heterocycles. The molecule has 0 N–H and O–H groups in total. The van der Waals surface area contributed by atoms with Gasteiger partial charge in [-0.15, -0.1) is 0 Å². The molecule has 0 unspecified atom stereocenters. The Labute approximate surface area is 53.3 Å². The van der Waals surface area contributed by atoms with E-state index in [1.807, 2.05) is 18.2 Å². The molecule has 1 aromatic rings. The zero-order valence-electron chi connectivity index (χ0n) is 4.92. The molecule has 0 bridgehead atoms. The van der Waals surface area contributed by atoms with Crippen molar-refractivity contribution in [3.63, 3.8) is 0 Å². The van der Waals surface area contributed by atoms with Crippen molar-refractivity contribution in [2.24, 2.45) is 0 Å². The van der Waals surface area contributed by atoms with E-state index < -0.39 is 0 Å². The Bertz CT molecular complexity index is 279. The zero-order chi connectivity index (χ0) is 6.27. The van der Waals surface area contributed by atoms with Gasteiger partial charge in [-0.05, 0) is 17.7 Å². The number of allylic oxidation sites excluding steroid dienone is 2. The summed E-state index contributed by atoms with van der Waals surface area (Å²) in [6.07, 6.45) is 5.56. The van der Waals surface area contributed by atoms with Gasteiger partial charge in [0, 0.05) is 5.56 Å². The second-order valence-electron chi connectivity index (χ2n) is 2.06. The van der Waals surface area contributed by atoms with Gasteiger partial charge in [0.1, 0.15) is 5.76 Å². The third kappa shape index (κ3) is 0.486. The van der Waals surface area contributed by atoms with Gasteiger partial charge >= 0.3 is 0 Å². The highest BCUT2D eigenvalue weighted by atomic mass is 16.3. The van der Waals surface area contributed by atoms with Crippen molar-refractivity contribution in [3.8, 4) is 0 Å². The summed E-state index contributed by atoms with van der Waals surface area (Å²) in [7, 11) is 0. The average Bonchev–Trinajstić information content (AvgIpc) is 2.35. The fourth-order valence-corrected chi connectivity index (χ4v) is 0.981. The van der Waals surface area contributed by atoms with Crippen molar-refractivity contribution in [1.82, 2.24) is 0 Å². The maximum absolute atomic E-state index is 5.10. The van der Waals surface area contributed by atoms with E-state index in [0.717, 1.165) is 16.9 Å². The molecule has 44 valence electrons. The van der Waals surface area contributed by atoms with Gasteiger partial charge in [0.05, 0.1) is 6.26 Å². The Morgan fingerprint density at radius 3 is 3.00 bits per heavy atom. The molecule has 1 aliphatic rings. The van der Waals surface area contributed by atoms with E-state index in [1.165, 1.54) is 0 Å². The molecule has 0 saturated heterocycles. The van der Waals surface area contributed by atoms with Gasteiger partial charge in [0.2, 0.25) is 0 Å². The Hall–Kier alpha value is -1.24. The van der Waals surface area contributed by atoms with Crippen LogP contribution >= 0.6 is 0 Å². The van der Waals surface area contributed by atoms with Crippen molar-refractivity contribution in [2.75, 3.05) is 0 Å². The first kappa shape index (κ1) is 4.62. The molecule has 1 nitrogen and oxygen atoms in total. The van der Waals surface area contributed by atoms with Crippen LogP contribution < -0.4 is 0 Å². The van der Waals surface area contributed by atoms with Crippen LogP contribution in [-0.2, 0) is 0 Å². The molecule has 1 aliphatic carbocycles. The van der Waals surface area contributed by atoms with E-state index in [9.17, 15) is 0 Å². The first-order valence-corrected chi connectivity index (χ1v) is 2.83. The van der Waals surface area contributed by atoms with Crippen LogP contribution in [0.15, 0.2) is 29.4 Å². The van der Waals surface area contributed by atoms with Crippen LogP contribution in [-0.4, -0.2) is 0 Å². The maximum atomic E-state index is 5.10. The fourth-order valence-electron chi connectivity index (χ4n) is 0.981. The summed E-state index contributed by atoms with van der Waals surface area (Å²) in [4.78, 5) is 0. The molecule has 1 heteroatoms. The zero-order valence-corrected chi connectivity index (χ0v) is 4.92. The highest BCUT2D eigenvalue weighted by molar-refractivity contribution is 5.86. The van der Waals surface area contributed by atoms with Gasteiger partial charge in [-0.1, -0.05) is 12.7 Å². The molecule has 0 aliphatic heterocycles. The van der Waals surface area contributed by atoms with Crippen LogP contribution in [0.25, 0.3) is 11.6 Å². The van der Waals surface area contributed by atoms with Crippen molar-refractivity contribution < 1.29 is 4.42 Å². The van der Waals surface area contributed by atoms with Gasteiger partial charge in [-0.25, -0.2) is 0 Å². The first-order valence-electron chi connectivity index (χ1n) is 2.83. The van der Waals surface area contributed by atoms with Crippen LogP contribution in [0.5, 0.6) is 0 Å². The quantitative estimate of drug-likeness (QED) is 0.509. The van der Waals surface area contributed by atoms with Crippen LogP contribution in [0, 0.1) is 0 Å². The fraction of sp³-hybridized carbons (Fsp3) is 0. The standard InChI is InChI=1S/C8H6O/c1-6-2-3-8-7(6)4-5-9-8/h2-5H,1H2. The van der Waals surface area contributed by atoms with Crippen LogP contribution in [0.4, 0.5) is 0 Å². The van der Waals surface area contributed by atoms with Gasteiger partial charge in [-0.3, -0.25) is 0 Å². The second-order valence-corrected chi connectivity index (χ2v) is 2.06. The van der Waals surface area contributed by atoms with E-state index >= 15 is 0 Å². The van der Waals surface area contributed by atoms with E-state index in [4.69, 9.17) is 4.42 Å². The van der Waals surface area contributed by atoms with Gasteiger partial charge in [0.25, 0.3) is 0 Å². The van der Waals surface area contributed by atoms with E-state index in [-0.39, 0.29) is 0 Å². The SMILES string of the molecule is C=C1C=Cc2occc21. The Kier molecular flexibility index (Phi) is 0.707. The van der Waals surface area contributed by atoms with Crippen molar-refractivity contribution in [1.29, 1.82) is 0 Å². The molecule has 0 amide bonds. The van der Waals surface area contributed by atoms with E-state index in [1.54, 1.807) is 6.26 Å². The summed E-state index contributed by atoms with van der Waals surface area (Å²) in [5.41, 5.74) is 2.16. The average molecular weight is 118 g/mol. The smallest absolute Gasteiger partial charge is 0.134 e. The molecule has 0 spiro atoms. The van der Waals surface area contributed by atoms with E-state index in [2.05, 4.69) is 6.58 Å². The predicted octanol–water partition coefficient (Wildman–Crippen LogP) is 2.32. The lowest BCUT2D eigenvalue weighted by Gasteiger charge is -1.84. The van der Waals surface area contributed by atoms with E-state index in [0.29, 0.717) is 0 Å². The summed E-state index contributed by atoms with van der Waals surface area (Å²) in [6, 6.07) is 1.93. The number of hydrogen-bond acceptors (Lipinski definition) is 1. The number of rotatable bonds is 0. The third-order valence-electron chi connectivity index (χ3n) is 1.48. The largest absolute Gasteiger partial charge is 0.464 e. The number of hydrogen-bond donors (Lipinski definition) is 0. The molecule has 0 atom stereocenters. The molecule has 0 saturated carbocycles. The van der Waals surface area contributed by atoms with Gasteiger partial charge in [-0.2, -0.15) is 0 Å². The number of fused-ring (bicyclic) bond motifs is 1. The summed E-state index contributed by atoms with van der Waals surface area (Å²) in [5, 5.41) is 0. The molecule has 2 rings (SSSR count). The summed E-state index contributed by atoms with van der Waals surface area (Å²) in [5.74, 6) is 0.931. The molecular formula is C8H6O. The first-order chi connectivity index (χ1) is 4.38. The third-order valence-corrected chi connectivity index (χ3v) is 1.48. The topological polar surface area (TPSA) is 13.1 Å².